The first-order valence-corrected chi connectivity index (χ1v) is 4.91. The summed E-state index contributed by atoms with van der Waals surface area (Å²) < 4.78 is 25.7. The number of likely N-dealkylation sites (tertiary alicyclic amines) is 1. The molecule has 1 heterocycles. The Morgan fingerprint density at radius 1 is 1.27 bits per heavy atom. The predicted molar refractivity (Wildman–Crippen MR) is 54.2 cm³/mol. The SMILES string of the molecule is CC1(N)CN(Cc2cc(F)cc(F)c2)C1. The van der Waals surface area contributed by atoms with Crippen molar-refractivity contribution in [1.29, 1.82) is 0 Å². The lowest BCUT2D eigenvalue weighted by atomic mass is 9.93. The van der Waals surface area contributed by atoms with Gasteiger partial charge in [-0.2, -0.15) is 0 Å². The fourth-order valence-electron chi connectivity index (χ4n) is 2.05. The summed E-state index contributed by atoms with van der Waals surface area (Å²) in [6.45, 7) is 4.06. The van der Waals surface area contributed by atoms with Crippen molar-refractivity contribution >= 4 is 0 Å². The standard InChI is InChI=1S/C11H14F2N2/c1-11(14)6-15(7-11)5-8-2-9(12)4-10(13)3-8/h2-4H,5-7,14H2,1H3. The van der Waals surface area contributed by atoms with Crippen molar-refractivity contribution in [1.82, 2.24) is 4.90 Å². The van der Waals surface area contributed by atoms with Crippen molar-refractivity contribution in [2.45, 2.75) is 19.0 Å². The van der Waals surface area contributed by atoms with E-state index in [2.05, 4.69) is 4.90 Å². The molecule has 0 unspecified atom stereocenters. The molecule has 0 radical (unpaired) electrons. The van der Waals surface area contributed by atoms with Crippen molar-refractivity contribution in [3.8, 4) is 0 Å². The van der Waals surface area contributed by atoms with Crippen LogP contribution >= 0.6 is 0 Å². The van der Waals surface area contributed by atoms with E-state index >= 15 is 0 Å². The molecule has 0 bridgehead atoms. The molecule has 1 aliphatic heterocycles. The van der Waals surface area contributed by atoms with Crippen molar-refractivity contribution in [2.24, 2.45) is 5.73 Å². The second-order valence-corrected chi connectivity index (χ2v) is 4.58. The van der Waals surface area contributed by atoms with Crippen LogP contribution < -0.4 is 5.73 Å². The van der Waals surface area contributed by atoms with Crippen LogP contribution in [0.2, 0.25) is 0 Å². The molecule has 0 aromatic heterocycles. The van der Waals surface area contributed by atoms with Gasteiger partial charge in [0.25, 0.3) is 0 Å². The van der Waals surface area contributed by atoms with E-state index in [1.165, 1.54) is 12.1 Å². The van der Waals surface area contributed by atoms with Gasteiger partial charge in [-0.3, -0.25) is 4.90 Å². The second-order valence-electron chi connectivity index (χ2n) is 4.58. The predicted octanol–water partition coefficient (Wildman–Crippen LogP) is 1.50. The molecule has 0 spiro atoms. The number of nitrogens with zero attached hydrogens (tertiary/aromatic N) is 1. The highest BCUT2D eigenvalue weighted by Gasteiger charge is 2.34. The molecule has 82 valence electrons. The quantitative estimate of drug-likeness (QED) is 0.805. The van der Waals surface area contributed by atoms with Gasteiger partial charge in [0.05, 0.1) is 0 Å². The van der Waals surface area contributed by atoms with Crippen molar-refractivity contribution < 1.29 is 8.78 Å². The summed E-state index contributed by atoms with van der Waals surface area (Å²) in [5, 5.41) is 0. The maximum atomic E-state index is 12.9. The zero-order valence-electron chi connectivity index (χ0n) is 8.63. The molecule has 0 aliphatic carbocycles. The van der Waals surface area contributed by atoms with Crippen molar-refractivity contribution in [2.75, 3.05) is 13.1 Å². The molecule has 1 fully saturated rings. The molecule has 1 saturated heterocycles. The highest BCUT2D eigenvalue weighted by molar-refractivity contribution is 5.18. The molecule has 0 amide bonds. The summed E-state index contributed by atoms with van der Waals surface area (Å²) in [6.07, 6.45) is 0. The van der Waals surface area contributed by atoms with Gasteiger partial charge in [-0.25, -0.2) is 8.78 Å². The number of benzene rings is 1. The fraction of sp³-hybridized carbons (Fsp3) is 0.455. The molecule has 1 aromatic carbocycles. The van der Waals surface area contributed by atoms with E-state index in [9.17, 15) is 8.78 Å². The number of hydrogen-bond donors (Lipinski definition) is 1. The first kappa shape index (κ1) is 10.5. The molecular formula is C11H14F2N2. The Bertz CT molecular complexity index is 349. The third kappa shape index (κ3) is 2.52. The first-order valence-electron chi connectivity index (χ1n) is 4.91. The van der Waals surface area contributed by atoms with E-state index in [0.717, 1.165) is 19.2 Å². The van der Waals surface area contributed by atoms with Crippen LogP contribution in [0.1, 0.15) is 12.5 Å². The van der Waals surface area contributed by atoms with Crippen LogP contribution in [0.25, 0.3) is 0 Å². The van der Waals surface area contributed by atoms with E-state index < -0.39 is 11.6 Å². The van der Waals surface area contributed by atoms with Gasteiger partial charge in [-0.05, 0) is 24.6 Å². The molecule has 15 heavy (non-hydrogen) atoms. The minimum atomic E-state index is -0.527. The van der Waals surface area contributed by atoms with Crippen LogP contribution in [-0.4, -0.2) is 23.5 Å². The van der Waals surface area contributed by atoms with Crippen LogP contribution in [0.15, 0.2) is 18.2 Å². The Hall–Kier alpha value is -1.00. The maximum Gasteiger partial charge on any atom is 0.126 e. The normalized spacial score (nSPS) is 20.0. The minimum Gasteiger partial charge on any atom is -0.323 e. The van der Waals surface area contributed by atoms with Gasteiger partial charge in [0, 0.05) is 31.2 Å². The van der Waals surface area contributed by atoms with E-state index in [1.54, 1.807) is 0 Å². The fourth-order valence-corrected chi connectivity index (χ4v) is 2.05. The van der Waals surface area contributed by atoms with Crippen molar-refractivity contribution in [3.05, 3.63) is 35.4 Å². The van der Waals surface area contributed by atoms with Crippen LogP contribution in [0.4, 0.5) is 8.78 Å². The lowest BCUT2D eigenvalue weighted by Crippen LogP contribution is -2.64. The van der Waals surface area contributed by atoms with E-state index in [4.69, 9.17) is 5.73 Å². The Morgan fingerprint density at radius 2 is 1.80 bits per heavy atom. The molecule has 1 aliphatic rings. The Kier molecular flexibility index (Phi) is 2.48. The largest absolute Gasteiger partial charge is 0.323 e. The second kappa shape index (κ2) is 3.54. The average Bonchev–Trinajstić information content (AvgIpc) is 1.97. The monoisotopic (exact) mass is 212 g/mol. The smallest absolute Gasteiger partial charge is 0.126 e. The van der Waals surface area contributed by atoms with Crippen LogP contribution in [0.3, 0.4) is 0 Å². The third-order valence-electron chi connectivity index (χ3n) is 2.50. The maximum absolute atomic E-state index is 12.9. The Balaban J connectivity index is 2.00. The van der Waals surface area contributed by atoms with Gasteiger partial charge >= 0.3 is 0 Å². The third-order valence-corrected chi connectivity index (χ3v) is 2.50. The minimum absolute atomic E-state index is 0.147. The highest BCUT2D eigenvalue weighted by atomic mass is 19.1. The number of rotatable bonds is 2. The van der Waals surface area contributed by atoms with Crippen LogP contribution in [0.5, 0.6) is 0 Å². The number of nitrogens with two attached hydrogens (primary N) is 1. The zero-order valence-corrected chi connectivity index (χ0v) is 8.63. The van der Waals surface area contributed by atoms with Gasteiger partial charge in [-0.15, -0.1) is 0 Å². The topological polar surface area (TPSA) is 29.3 Å². The van der Waals surface area contributed by atoms with E-state index in [-0.39, 0.29) is 5.54 Å². The van der Waals surface area contributed by atoms with Gasteiger partial charge in [0.1, 0.15) is 11.6 Å². The summed E-state index contributed by atoms with van der Waals surface area (Å²) in [6, 6.07) is 3.59. The summed E-state index contributed by atoms with van der Waals surface area (Å²) in [5.74, 6) is -1.05. The molecule has 2 N–H and O–H groups in total. The summed E-state index contributed by atoms with van der Waals surface area (Å²) in [7, 11) is 0. The van der Waals surface area contributed by atoms with Crippen molar-refractivity contribution in [3.63, 3.8) is 0 Å². The number of halogens is 2. The Morgan fingerprint density at radius 3 is 2.27 bits per heavy atom. The summed E-state index contributed by atoms with van der Waals surface area (Å²) in [5.41, 5.74) is 6.34. The summed E-state index contributed by atoms with van der Waals surface area (Å²) >= 11 is 0. The lowest BCUT2D eigenvalue weighted by molar-refractivity contribution is 0.0762. The lowest BCUT2D eigenvalue weighted by Gasteiger charge is -2.45. The molecule has 1 aromatic rings. The van der Waals surface area contributed by atoms with Crippen LogP contribution in [-0.2, 0) is 6.54 Å². The molecule has 0 atom stereocenters. The first-order chi connectivity index (χ1) is 6.94. The molecule has 4 heteroatoms. The zero-order chi connectivity index (χ0) is 11.1. The molecule has 0 saturated carbocycles. The highest BCUT2D eigenvalue weighted by Crippen LogP contribution is 2.20. The van der Waals surface area contributed by atoms with Gasteiger partial charge in [0.15, 0.2) is 0 Å². The van der Waals surface area contributed by atoms with Gasteiger partial charge in [-0.1, -0.05) is 0 Å². The Labute approximate surface area is 87.7 Å². The van der Waals surface area contributed by atoms with Gasteiger partial charge < -0.3 is 5.73 Å². The van der Waals surface area contributed by atoms with E-state index in [0.29, 0.717) is 12.1 Å². The number of hydrogen-bond acceptors (Lipinski definition) is 2. The molecule has 2 nitrogen and oxygen atoms in total. The molecule has 2 rings (SSSR count). The average molecular weight is 212 g/mol. The molecular weight excluding hydrogens is 198 g/mol. The van der Waals surface area contributed by atoms with Gasteiger partial charge in [0.2, 0.25) is 0 Å². The van der Waals surface area contributed by atoms with E-state index in [1.807, 2.05) is 6.92 Å². The van der Waals surface area contributed by atoms with Crippen LogP contribution in [0, 0.1) is 11.6 Å². The summed E-state index contributed by atoms with van der Waals surface area (Å²) in [4.78, 5) is 2.06.